The summed E-state index contributed by atoms with van der Waals surface area (Å²) >= 11 is 11.3. The van der Waals surface area contributed by atoms with Gasteiger partial charge in [-0.15, -0.1) is 23.2 Å². The van der Waals surface area contributed by atoms with Gasteiger partial charge >= 0.3 is 7.67 Å². The van der Waals surface area contributed by atoms with Crippen LogP contribution in [0.25, 0.3) is 0 Å². The fraction of sp³-hybridized carbons (Fsp3) is 1.00. The second-order valence-corrected chi connectivity index (χ2v) is 6.59. The van der Waals surface area contributed by atoms with Crippen LogP contribution in [-0.2, 0) is 9.09 Å². The van der Waals surface area contributed by atoms with Crippen LogP contribution in [0.1, 0.15) is 19.3 Å². The van der Waals surface area contributed by atoms with Crippen molar-refractivity contribution >= 4 is 30.9 Å². The first-order valence-corrected chi connectivity index (χ1v) is 8.24. The van der Waals surface area contributed by atoms with Gasteiger partial charge in [-0.3, -0.25) is 4.57 Å². The van der Waals surface area contributed by atoms with Crippen LogP contribution in [0.4, 0.5) is 0 Å². The minimum absolute atomic E-state index is 0.558. The minimum Gasteiger partial charge on any atom is -0.306 e. The summed E-state index contributed by atoms with van der Waals surface area (Å²) in [5.74, 6) is 1.13. The fourth-order valence-electron chi connectivity index (χ4n) is 1.57. The number of alkyl halides is 2. The molecule has 1 fully saturated rings. The largest absolute Gasteiger partial charge is 0.343 e. The monoisotopic (exact) mass is 288 g/mol. The van der Waals surface area contributed by atoms with Crippen molar-refractivity contribution in [3.63, 3.8) is 0 Å². The van der Waals surface area contributed by atoms with E-state index in [1.165, 1.54) is 0 Å². The highest BCUT2D eigenvalue weighted by Crippen LogP contribution is 2.48. The molecular weight excluding hydrogens is 270 g/mol. The zero-order valence-electron chi connectivity index (χ0n) is 9.33. The van der Waals surface area contributed by atoms with E-state index < -0.39 is 7.67 Å². The Morgan fingerprint density at radius 1 is 1.25 bits per heavy atom. The van der Waals surface area contributed by atoms with Crippen molar-refractivity contribution in [1.82, 2.24) is 9.76 Å². The van der Waals surface area contributed by atoms with Crippen molar-refractivity contribution < 1.29 is 9.09 Å². The smallest absolute Gasteiger partial charge is 0.306 e. The van der Waals surface area contributed by atoms with E-state index in [0.29, 0.717) is 31.5 Å². The van der Waals surface area contributed by atoms with Gasteiger partial charge in [-0.2, -0.15) is 0 Å². The van der Waals surface area contributed by atoms with E-state index in [1.54, 1.807) is 0 Å². The molecule has 96 valence electrons. The minimum atomic E-state index is -2.82. The summed E-state index contributed by atoms with van der Waals surface area (Å²) in [7, 11) is -2.82. The molecule has 0 aliphatic carbocycles. The summed E-state index contributed by atoms with van der Waals surface area (Å²) < 4.78 is 19.7. The van der Waals surface area contributed by atoms with Crippen LogP contribution in [0.3, 0.4) is 0 Å². The number of hydrogen-bond donors (Lipinski definition) is 1. The molecule has 1 N–H and O–H groups in total. The van der Waals surface area contributed by atoms with Crippen LogP contribution in [0.15, 0.2) is 0 Å². The van der Waals surface area contributed by atoms with E-state index in [-0.39, 0.29) is 0 Å². The average molecular weight is 289 g/mol. The molecule has 1 saturated heterocycles. The SMILES string of the molecule is O=P1(N(CCCCl)CCCCl)NCCCO1. The molecule has 0 spiro atoms. The molecular formula is C9H19Cl2N2O2P. The van der Waals surface area contributed by atoms with Gasteiger partial charge in [0.15, 0.2) is 0 Å². The number of nitrogens with zero attached hydrogens (tertiary/aromatic N) is 1. The summed E-state index contributed by atoms with van der Waals surface area (Å²) in [6, 6.07) is 0. The molecule has 1 heterocycles. The van der Waals surface area contributed by atoms with Crippen LogP contribution >= 0.6 is 30.9 Å². The average Bonchev–Trinajstić information content (AvgIpc) is 2.30. The van der Waals surface area contributed by atoms with E-state index >= 15 is 0 Å². The van der Waals surface area contributed by atoms with E-state index in [1.807, 2.05) is 4.67 Å². The van der Waals surface area contributed by atoms with Gasteiger partial charge in [0.2, 0.25) is 0 Å². The molecule has 0 amide bonds. The predicted octanol–water partition coefficient (Wildman–Crippen LogP) is 2.66. The lowest BCUT2D eigenvalue weighted by molar-refractivity contribution is 0.226. The zero-order chi connectivity index (χ0) is 11.9. The van der Waals surface area contributed by atoms with Crippen LogP contribution in [0.5, 0.6) is 0 Å². The summed E-state index contributed by atoms with van der Waals surface area (Å²) in [6.07, 6.45) is 2.51. The van der Waals surface area contributed by atoms with Gasteiger partial charge in [-0.1, -0.05) is 0 Å². The molecule has 4 nitrogen and oxygen atoms in total. The van der Waals surface area contributed by atoms with Gasteiger partial charge in [0, 0.05) is 31.4 Å². The molecule has 1 aliphatic rings. The molecule has 0 aromatic carbocycles. The molecule has 1 atom stereocenters. The Morgan fingerprint density at radius 3 is 2.31 bits per heavy atom. The molecule has 0 radical (unpaired) electrons. The molecule has 1 unspecified atom stereocenters. The van der Waals surface area contributed by atoms with Crippen molar-refractivity contribution in [2.24, 2.45) is 0 Å². The highest BCUT2D eigenvalue weighted by Gasteiger charge is 2.32. The van der Waals surface area contributed by atoms with Crippen molar-refractivity contribution in [2.75, 3.05) is 38.0 Å². The third kappa shape index (κ3) is 4.52. The summed E-state index contributed by atoms with van der Waals surface area (Å²) in [5.41, 5.74) is 0. The van der Waals surface area contributed by atoms with Gasteiger partial charge in [0.05, 0.1) is 6.61 Å². The molecule has 0 saturated carbocycles. The second-order valence-electron chi connectivity index (χ2n) is 3.65. The maximum Gasteiger partial charge on any atom is 0.343 e. The van der Waals surface area contributed by atoms with E-state index in [0.717, 1.165) is 25.8 Å². The van der Waals surface area contributed by atoms with Crippen molar-refractivity contribution in [1.29, 1.82) is 0 Å². The molecule has 0 aromatic heterocycles. The van der Waals surface area contributed by atoms with Crippen LogP contribution < -0.4 is 5.09 Å². The summed E-state index contributed by atoms with van der Waals surface area (Å²) in [6.45, 7) is 2.67. The lowest BCUT2D eigenvalue weighted by Crippen LogP contribution is -2.35. The maximum atomic E-state index is 12.5. The Kier molecular flexibility index (Phi) is 7.29. The first kappa shape index (κ1) is 14.7. The third-order valence-corrected chi connectivity index (χ3v) is 5.21. The lowest BCUT2D eigenvalue weighted by Gasteiger charge is -2.33. The van der Waals surface area contributed by atoms with Gasteiger partial charge in [-0.05, 0) is 19.3 Å². The predicted molar refractivity (Wildman–Crippen MR) is 68.4 cm³/mol. The Balaban J connectivity index is 2.53. The van der Waals surface area contributed by atoms with E-state index in [2.05, 4.69) is 5.09 Å². The molecule has 1 rings (SSSR count). The molecule has 7 heteroatoms. The topological polar surface area (TPSA) is 41.6 Å². The van der Waals surface area contributed by atoms with Crippen molar-refractivity contribution in [2.45, 2.75) is 19.3 Å². The lowest BCUT2D eigenvalue weighted by atomic mass is 10.4. The summed E-state index contributed by atoms with van der Waals surface area (Å²) in [5, 5.41) is 2.99. The van der Waals surface area contributed by atoms with E-state index in [9.17, 15) is 4.57 Å². The Morgan fingerprint density at radius 2 is 1.88 bits per heavy atom. The molecule has 0 bridgehead atoms. The van der Waals surface area contributed by atoms with Crippen molar-refractivity contribution in [3.8, 4) is 0 Å². The summed E-state index contributed by atoms with van der Waals surface area (Å²) in [4.78, 5) is 0. The highest BCUT2D eigenvalue weighted by atomic mass is 35.5. The van der Waals surface area contributed by atoms with Crippen LogP contribution in [-0.4, -0.2) is 42.7 Å². The Bertz CT molecular complexity index is 226. The molecule has 0 aromatic rings. The highest BCUT2D eigenvalue weighted by molar-refractivity contribution is 7.54. The number of hydrogen-bond acceptors (Lipinski definition) is 2. The third-order valence-electron chi connectivity index (χ3n) is 2.37. The van der Waals surface area contributed by atoms with Crippen LogP contribution in [0, 0.1) is 0 Å². The standard InChI is InChI=1S/C9H19Cl2N2O2P/c10-4-1-7-13(8-2-5-11)16(14)12-6-3-9-15-16/h1-9H2,(H,12,14). The number of rotatable bonds is 7. The fourth-order valence-corrected chi connectivity index (χ4v) is 3.89. The first-order valence-electron chi connectivity index (χ1n) is 5.60. The zero-order valence-corrected chi connectivity index (χ0v) is 11.7. The maximum absolute atomic E-state index is 12.5. The number of halogens is 2. The first-order chi connectivity index (χ1) is 7.73. The Labute approximate surface area is 107 Å². The Hall–Kier alpha value is 0.690. The molecule has 16 heavy (non-hydrogen) atoms. The van der Waals surface area contributed by atoms with Gasteiger partial charge in [-0.25, -0.2) is 9.76 Å². The second kappa shape index (κ2) is 7.91. The van der Waals surface area contributed by atoms with Gasteiger partial charge in [0.25, 0.3) is 0 Å². The normalized spacial score (nSPS) is 26.2. The van der Waals surface area contributed by atoms with Crippen LogP contribution in [0.2, 0.25) is 0 Å². The van der Waals surface area contributed by atoms with Gasteiger partial charge in [0.1, 0.15) is 0 Å². The number of nitrogens with one attached hydrogen (secondary N) is 1. The van der Waals surface area contributed by atoms with E-state index in [4.69, 9.17) is 27.7 Å². The van der Waals surface area contributed by atoms with Gasteiger partial charge < -0.3 is 4.52 Å². The quantitative estimate of drug-likeness (QED) is 0.578. The van der Waals surface area contributed by atoms with Crippen molar-refractivity contribution in [3.05, 3.63) is 0 Å². The molecule has 1 aliphatic heterocycles.